The van der Waals surface area contributed by atoms with Crippen molar-refractivity contribution in [2.24, 2.45) is 0 Å². The Labute approximate surface area is 179 Å². The van der Waals surface area contributed by atoms with Crippen molar-refractivity contribution in [2.75, 3.05) is 4.90 Å². The number of fused-ring (bicyclic) bond motifs is 3. The molecule has 148 valence electrons. The molecule has 4 aromatic carbocycles. The lowest BCUT2D eigenvalue weighted by Crippen LogP contribution is -2.36. The van der Waals surface area contributed by atoms with Crippen LogP contribution < -0.4 is 4.90 Å². The summed E-state index contributed by atoms with van der Waals surface area (Å²) in [5, 5.41) is 2.97. The van der Waals surface area contributed by atoms with Crippen LogP contribution in [0.2, 0.25) is 5.02 Å². The second kappa shape index (κ2) is 7.58. The van der Waals surface area contributed by atoms with Gasteiger partial charge in [0.2, 0.25) is 5.91 Å². The fraction of sp³-hybridized carbons (Fsp3) is 0.115. The molecule has 1 atom stereocenters. The van der Waals surface area contributed by atoms with E-state index in [4.69, 9.17) is 11.6 Å². The van der Waals surface area contributed by atoms with Crippen LogP contribution in [0.25, 0.3) is 10.8 Å². The van der Waals surface area contributed by atoms with E-state index in [0.29, 0.717) is 18.0 Å². The van der Waals surface area contributed by atoms with Gasteiger partial charge in [0, 0.05) is 23.0 Å². The fourth-order valence-corrected chi connectivity index (χ4v) is 4.46. The Morgan fingerprint density at radius 3 is 2.40 bits per heavy atom. The van der Waals surface area contributed by atoms with Gasteiger partial charge in [0.15, 0.2) is 0 Å². The molecule has 0 bridgehead atoms. The molecule has 1 aliphatic rings. The molecule has 4 aromatic rings. The summed E-state index contributed by atoms with van der Waals surface area (Å²) in [6.45, 7) is 0.414. The Morgan fingerprint density at radius 1 is 0.900 bits per heavy atom. The van der Waals surface area contributed by atoms with Crippen molar-refractivity contribution in [1.29, 1.82) is 0 Å². The monoisotopic (exact) mass is 415 g/mol. The molecule has 0 aliphatic carbocycles. The van der Waals surface area contributed by atoms with Gasteiger partial charge in [0.05, 0.1) is 6.54 Å². The zero-order chi connectivity index (χ0) is 20.7. The van der Waals surface area contributed by atoms with E-state index in [-0.39, 0.29) is 17.6 Å². The van der Waals surface area contributed by atoms with Gasteiger partial charge in [-0.3, -0.25) is 4.79 Å². The summed E-state index contributed by atoms with van der Waals surface area (Å²) in [7, 11) is 0. The van der Waals surface area contributed by atoms with Crippen LogP contribution in [0.15, 0.2) is 84.9 Å². The van der Waals surface area contributed by atoms with Crippen molar-refractivity contribution in [2.45, 2.75) is 18.9 Å². The third-order valence-corrected chi connectivity index (χ3v) is 6.05. The van der Waals surface area contributed by atoms with Crippen LogP contribution in [0.5, 0.6) is 0 Å². The van der Waals surface area contributed by atoms with Gasteiger partial charge in [0.25, 0.3) is 0 Å². The van der Waals surface area contributed by atoms with Gasteiger partial charge < -0.3 is 4.90 Å². The Kier molecular flexibility index (Phi) is 4.76. The Bertz CT molecular complexity index is 1230. The van der Waals surface area contributed by atoms with Gasteiger partial charge >= 0.3 is 0 Å². The highest BCUT2D eigenvalue weighted by molar-refractivity contribution is 6.30. The number of anilines is 1. The van der Waals surface area contributed by atoms with Crippen molar-refractivity contribution in [1.82, 2.24) is 0 Å². The summed E-state index contributed by atoms with van der Waals surface area (Å²) in [4.78, 5) is 15.1. The zero-order valence-electron chi connectivity index (χ0n) is 16.2. The smallest absolute Gasteiger partial charge is 0.228 e. The van der Waals surface area contributed by atoms with Crippen LogP contribution >= 0.6 is 11.6 Å². The highest BCUT2D eigenvalue weighted by Crippen LogP contribution is 2.44. The molecule has 1 aliphatic heterocycles. The molecule has 0 N–H and O–H groups in total. The minimum Gasteiger partial charge on any atom is -0.308 e. The quantitative estimate of drug-likeness (QED) is 0.364. The fourth-order valence-electron chi connectivity index (χ4n) is 4.33. The lowest BCUT2D eigenvalue weighted by atomic mass is 9.81. The summed E-state index contributed by atoms with van der Waals surface area (Å²) < 4.78 is 13.3. The van der Waals surface area contributed by atoms with E-state index in [1.165, 1.54) is 12.1 Å². The molecule has 4 heteroatoms. The van der Waals surface area contributed by atoms with Gasteiger partial charge in [-0.05, 0) is 57.8 Å². The average molecular weight is 416 g/mol. The minimum absolute atomic E-state index is 0.0414. The third-order valence-electron chi connectivity index (χ3n) is 5.79. The zero-order valence-corrected chi connectivity index (χ0v) is 16.9. The van der Waals surface area contributed by atoms with Gasteiger partial charge in [-0.1, -0.05) is 66.2 Å². The topological polar surface area (TPSA) is 20.3 Å². The van der Waals surface area contributed by atoms with Crippen LogP contribution in [0.1, 0.15) is 29.0 Å². The molecule has 1 unspecified atom stereocenters. The van der Waals surface area contributed by atoms with Crippen molar-refractivity contribution >= 4 is 34.0 Å². The molecular weight excluding hydrogens is 397 g/mol. The van der Waals surface area contributed by atoms with Crippen LogP contribution in [-0.2, 0) is 11.3 Å². The third kappa shape index (κ3) is 3.35. The number of halogens is 2. The molecule has 0 fully saturated rings. The molecule has 1 amide bonds. The first kappa shape index (κ1) is 18.8. The van der Waals surface area contributed by atoms with E-state index in [1.54, 1.807) is 12.1 Å². The molecule has 0 radical (unpaired) electrons. The van der Waals surface area contributed by atoms with Crippen LogP contribution in [0.4, 0.5) is 10.1 Å². The van der Waals surface area contributed by atoms with Crippen molar-refractivity contribution in [3.63, 3.8) is 0 Å². The number of hydrogen-bond donors (Lipinski definition) is 0. The highest BCUT2D eigenvalue weighted by atomic mass is 35.5. The standard InChI is InChI=1S/C26H19ClFNO/c27-20-10-7-19(8-11-20)23-15-25(30)29(16-17-5-12-21(28)13-6-17)24-14-9-18-3-1-2-4-22(18)26(23)24/h1-14,23H,15-16H2. The number of hydrogen-bond acceptors (Lipinski definition) is 1. The van der Waals surface area contributed by atoms with E-state index in [1.807, 2.05) is 47.4 Å². The van der Waals surface area contributed by atoms with E-state index >= 15 is 0 Å². The van der Waals surface area contributed by atoms with Gasteiger partial charge in [0.1, 0.15) is 5.82 Å². The number of rotatable bonds is 3. The first-order chi connectivity index (χ1) is 14.6. The first-order valence-electron chi connectivity index (χ1n) is 9.92. The normalized spacial score (nSPS) is 16.0. The summed E-state index contributed by atoms with van der Waals surface area (Å²) in [5.41, 5.74) is 4.03. The van der Waals surface area contributed by atoms with Crippen LogP contribution in [0, 0.1) is 5.82 Å². The lowest BCUT2D eigenvalue weighted by molar-refractivity contribution is -0.119. The Morgan fingerprint density at radius 2 is 1.63 bits per heavy atom. The van der Waals surface area contributed by atoms with Crippen molar-refractivity contribution < 1.29 is 9.18 Å². The lowest BCUT2D eigenvalue weighted by Gasteiger charge is -2.35. The SMILES string of the molecule is O=C1CC(c2ccc(Cl)cc2)c2c(ccc3ccccc23)N1Cc1ccc(F)cc1. The molecule has 0 aromatic heterocycles. The predicted octanol–water partition coefficient (Wildman–Crippen LogP) is 6.70. The molecule has 0 saturated heterocycles. The van der Waals surface area contributed by atoms with Gasteiger partial charge in [-0.25, -0.2) is 4.39 Å². The maximum Gasteiger partial charge on any atom is 0.228 e. The number of amides is 1. The molecule has 1 heterocycles. The Hall–Kier alpha value is -3.17. The molecule has 0 spiro atoms. The average Bonchev–Trinajstić information content (AvgIpc) is 2.77. The predicted molar refractivity (Wildman–Crippen MR) is 119 cm³/mol. The second-order valence-electron chi connectivity index (χ2n) is 7.63. The van der Waals surface area contributed by atoms with Crippen molar-refractivity contribution in [3.8, 4) is 0 Å². The number of carbonyl (C=O) groups excluding carboxylic acids is 1. The molecule has 30 heavy (non-hydrogen) atoms. The van der Waals surface area contributed by atoms with Crippen LogP contribution in [-0.4, -0.2) is 5.91 Å². The number of benzene rings is 4. The molecule has 2 nitrogen and oxygen atoms in total. The largest absolute Gasteiger partial charge is 0.308 e. The molecule has 5 rings (SSSR count). The van der Waals surface area contributed by atoms with Crippen molar-refractivity contribution in [3.05, 3.63) is 112 Å². The summed E-state index contributed by atoms with van der Waals surface area (Å²) in [6, 6.07) is 26.4. The first-order valence-corrected chi connectivity index (χ1v) is 10.3. The number of carbonyl (C=O) groups is 1. The van der Waals surface area contributed by atoms with E-state index in [9.17, 15) is 9.18 Å². The maximum absolute atomic E-state index is 13.3. The Balaban J connectivity index is 1.66. The minimum atomic E-state index is -0.280. The second-order valence-corrected chi connectivity index (χ2v) is 8.07. The van der Waals surface area contributed by atoms with E-state index in [2.05, 4.69) is 18.2 Å². The highest BCUT2D eigenvalue weighted by Gasteiger charge is 2.33. The van der Waals surface area contributed by atoms with E-state index < -0.39 is 0 Å². The summed E-state index contributed by atoms with van der Waals surface area (Å²) in [6.07, 6.45) is 0.379. The summed E-state index contributed by atoms with van der Waals surface area (Å²) in [5.74, 6) is -0.264. The van der Waals surface area contributed by atoms with E-state index in [0.717, 1.165) is 33.2 Å². The summed E-state index contributed by atoms with van der Waals surface area (Å²) >= 11 is 6.10. The van der Waals surface area contributed by atoms with Gasteiger partial charge in [-0.2, -0.15) is 0 Å². The molecule has 0 saturated carbocycles. The van der Waals surface area contributed by atoms with Crippen LogP contribution in [0.3, 0.4) is 0 Å². The maximum atomic E-state index is 13.3. The van der Waals surface area contributed by atoms with Gasteiger partial charge in [-0.15, -0.1) is 0 Å². The molecular formula is C26H19ClFNO. The number of nitrogens with zero attached hydrogens (tertiary/aromatic N) is 1.